The molecule has 0 fully saturated rings. The summed E-state index contributed by atoms with van der Waals surface area (Å²) in [6.45, 7) is 1.83. The van der Waals surface area contributed by atoms with Crippen molar-refractivity contribution in [2.45, 2.75) is 13.0 Å². The minimum absolute atomic E-state index is 0.448. The van der Waals surface area contributed by atoms with E-state index < -0.39 is 17.5 Å². The Kier molecular flexibility index (Phi) is 5.91. The molecule has 3 aromatic carbocycles. The molecule has 3 rings (SSSR count). The second-order valence-corrected chi connectivity index (χ2v) is 13.4. The Morgan fingerprint density at radius 3 is 1.44 bits per heavy atom. The number of hydrogen-bond donors (Lipinski definition) is 0. The molecule has 0 aliphatic heterocycles. The van der Waals surface area contributed by atoms with Crippen LogP contribution in [0.1, 0.15) is 6.92 Å². The van der Waals surface area contributed by atoms with Gasteiger partial charge in [-0.2, -0.15) is 0 Å². The van der Waals surface area contributed by atoms with Gasteiger partial charge in [-0.05, 0) is 0 Å². The van der Waals surface area contributed by atoms with Gasteiger partial charge < -0.3 is 0 Å². The fraction of sp³-hybridized carbons (Fsp3) is 0.136. The topological polar surface area (TPSA) is 26.3 Å². The fourth-order valence-electron chi connectivity index (χ4n) is 3.66. The van der Waals surface area contributed by atoms with Crippen LogP contribution in [0.25, 0.3) is 0 Å². The molecule has 140 valence electrons. The molecule has 0 bridgehead atoms. The van der Waals surface area contributed by atoms with Crippen LogP contribution >= 0.6 is 28.8 Å². The maximum atomic E-state index is 11.4. The number of carbonyl (C=O) groups is 1. The monoisotopic (exact) mass is 418 g/mol. The van der Waals surface area contributed by atoms with Gasteiger partial charge in [0.25, 0.3) is 0 Å². The molecule has 0 N–H and O–H groups in total. The van der Waals surface area contributed by atoms with E-state index in [2.05, 4.69) is 36.4 Å². The summed E-state index contributed by atoms with van der Waals surface area (Å²) in [5.41, 5.74) is -0.821. The molecule has 0 radical (unpaired) electrons. The third-order valence-corrected chi connectivity index (χ3v) is 12.4. The summed E-state index contributed by atoms with van der Waals surface area (Å²) in [6.07, 6.45) is -0.00491. The van der Waals surface area contributed by atoms with Crippen molar-refractivity contribution < 1.29 is 9.53 Å². The Morgan fingerprint density at radius 1 is 0.815 bits per heavy atom. The van der Waals surface area contributed by atoms with Crippen LogP contribution < -0.4 is 15.9 Å². The Balaban J connectivity index is 2.34. The molecule has 27 heavy (non-hydrogen) atoms. The van der Waals surface area contributed by atoms with Crippen molar-refractivity contribution in [3.8, 4) is 0 Å². The van der Waals surface area contributed by atoms with Crippen LogP contribution in [0.15, 0.2) is 91.0 Å². The van der Waals surface area contributed by atoms with Crippen molar-refractivity contribution in [3.63, 3.8) is 0 Å². The second-order valence-electron chi connectivity index (χ2n) is 6.54. The SMILES string of the molecule is CC(CP(Cl)(c1ccccc1)(c1ccccc1)c1ccccc1)OC(=O)Cl. The zero-order valence-corrected chi connectivity index (χ0v) is 17.4. The zero-order chi connectivity index (χ0) is 19.4. The van der Waals surface area contributed by atoms with Crippen LogP contribution in [0.2, 0.25) is 0 Å². The number of halogens is 2. The van der Waals surface area contributed by atoms with Gasteiger partial charge in [0, 0.05) is 0 Å². The molecule has 2 nitrogen and oxygen atoms in total. The number of hydrogen-bond acceptors (Lipinski definition) is 2. The summed E-state index contributed by atoms with van der Waals surface area (Å²) in [4.78, 5) is 11.4. The molecule has 0 saturated heterocycles. The van der Waals surface area contributed by atoms with E-state index in [0.29, 0.717) is 6.16 Å². The molecule has 0 spiro atoms. The van der Waals surface area contributed by atoms with Gasteiger partial charge in [0.1, 0.15) is 0 Å². The van der Waals surface area contributed by atoms with Crippen molar-refractivity contribution in [2.75, 3.05) is 6.16 Å². The van der Waals surface area contributed by atoms with Crippen molar-refractivity contribution >= 4 is 50.1 Å². The van der Waals surface area contributed by atoms with E-state index >= 15 is 0 Å². The molecule has 0 aliphatic rings. The van der Waals surface area contributed by atoms with Crippen LogP contribution in [0, 0.1) is 0 Å². The molecular formula is C22H21Cl2O2P. The van der Waals surface area contributed by atoms with Crippen molar-refractivity contribution in [2.24, 2.45) is 0 Å². The first-order chi connectivity index (χ1) is 12.9. The zero-order valence-electron chi connectivity index (χ0n) is 15.0. The van der Waals surface area contributed by atoms with E-state index in [1.165, 1.54) is 0 Å². The summed E-state index contributed by atoms with van der Waals surface area (Å²) < 4.78 is 5.31. The average molecular weight is 419 g/mol. The van der Waals surface area contributed by atoms with E-state index in [1.54, 1.807) is 0 Å². The average Bonchev–Trinajstić information content (AvgIpc) is 2.69. The Labute approximate surface area is 169 Å². The molecule has 0 amide bonds. The predicted molar refractivity (Wildman–Crippen MR) is 118 cm³/mol. The molecule has 0 aliphatic carbocycles. The second kappa shape index (κ2) is 8.02. The Morgan fingerprint density at radius 2 is 1.15 bits per heavy atom. The Bertz CT molecular complexity index is 802. The van der Waals surface area contributed by atoms with Crippen LogP contribution in [-0.4, -0.2) is 17.7 Å². The number of benzene rings is 3. The minimum atomic E-state index is -3.43. The molecule has 0 saturated carbocycles. The van der Waals surface area contributed by atoms with Crippen molar-refractivity contribution in [3.05, 3.63) is 91.0 Å². The van der Waals surface area contributed by atoms with Gasteiger partial charge in [-0.25, -0.2) is 0 Å². The molecule has 1 unspecified atom stereocenters. The van der Waals surface area contributed by atoms with Crippen molar-refractivity contribution in [1.29, 1.82) is 0 Å². The number of ether oxygens (including phenoxy) is 1. The van der Waals surface area contributed by atoms with Crippen LogP contribution in [0.5, 0.6) is 0 Å². The molecule has 0 heterocycles. The normalized spacial score (nSPS) is 14.0. The number of carbonyl (C=O) groups excluding carboxylic acids is 1. The summed E-state index contributed by atoms with van der Waals surface area (Å²) in [7, 11) is 0. The van der Waals surface area contributed by atoms with E-state index in [4.69, 9.17) is 27.6 Å². The quantitative estimate of drug-likeness (QED) is 0.393. The van der Waals surface area contributed by atoms with Gasteiger partial charge in [-0.3, -0.25) is 0 Å². The Hall–Kier alpha value is -1.86. The van der Waals surface area contributed by atoms with Gasteiger partial charge in [-0.15, -0.1) is 0 Å². The molecule has 3 aromatic rings. The first-order valence-corrected chi connectivity index (χ1v) is 12.4. The van der Waals surface area contributed by atoms with Crippen LogP contribution in [0.4, 0.5) is 4.79 Å². The van der Waals surface area contributed by atoms with E-state index in [9.17, 15) is 4.79 Å². The number of rotatable bonds is 6. The molecule has 0 aromatic heterocycles. The third kappa shape index (κ3) is 3.75. The molecule has 5 heteroatoms. The van der Waals surface area contributed by atoms with Gasteiger partial charge in [0.05, 0.1) is 0 Å². The van der Waals surface area contributed by atoms with E-state index in [0.717, 1.165) is 15.9 Å². The summed E-state index contributed by atoms with van der Waals surface area (Å²) in [6, 6.07) is 30.2. The van der Waals surface area contributed by atoms with Gasteiger partial charge in [0.15, 0.2) is 0 Å². The molecular weight excluding hydrogens is 398 g/mol. The van der Waals surface area contributed by atoms with Gasteiger partial charge in [-0.1, -0.05) is 0 Å². The van der Waals surface area contributed by atoms with Crippen LogP contribution in [-0.2, 0) is 4.74 Å². The van der Waals surface area contributed by atoms with Gasteiger partial charge in [0.2, 0.25) is 0 Å². The van der Waals surface area contributed by atoms with Crippen molar-refractivity contribution in [1.82, 2.24) is 0 Å². The predicted octanol–water partition coefficient (Wildman–Crippen LogP) is 5.43. The van der Waals surface area contributed by atoms with Crippen LogP contribution in [0.3, 0.4) is 0 Å². The summed E-state index contributed by atoms with van der Waals surface area (Å²) in [5, 5.41) is 3.08. The standard InChI is InChI=1S/C22H21Cl2O2P/c1-18(26-22(23)25)17-27(24,19-11-5-2-6-12-19,20-13-7-3-8-14-20)21-15-9-4-10-16-21/h2-16,18H,17H2,1H3. The summed E-state index contributed by atoms with van der Waals surface area (Å²) >= 11 is 13.3. The summed E-state index contributed by atoms with van der Waals surface area (Å²) in [5.74, 6) is -3.43. The maximum absolute atomic E-state index is 11.4. The first-order valence-electron chi connectivity index (χ1n) is 8.71. The van der Waals surface area contributed by atoms with Gasteiger partial charge >= 0.3 is 170 Å². The first kappa shape index (κ1) is 19.9. The molecule has 1 atom stereocenters. The fourth-order valence-corrected chi connectivity index (χ4v) is 10.4. The third-order valence-electron chi connectivity index (χ3n) is 4.78. The van der Waals surface area contributed by atoms with E-state index in [-0.39, 0.29) is 0 Å². The van der Waals surface area contributed by atoms with E-state index in [1.807, 2.05) is 61.5 Å².